The van der Waals surface area contributed by atoms with E-state index in [1.807, 2.05) is 24.3 Å². The Bertz CT molecular complexity index is 676. The maximum absolute atomic E-state index is 5.74. The van der Waals surface area contributed by atoms with Crippen molar-refractivity contribution in [1.29, 1.82) is 0 Å². The summed E-state index contributed by atoms with van der Waals surface area (Å²) in [5.74, 6) is 1.34. The van der Waals surface area contributed by atoms with Crippen molar-refractivity contribution in [1.82, 2.24) is 24.7 Å². The molecule has 0 radical (unpaired) electrons. The fraction of sp³-hybridized carbons (Fsp3) is 0.0769. The average Bonchev–Trinajstić information content (AvgIpc) is 2.88. The molecule has 0 bridgehead atoms. The highest BCUT2D eigenvalue weighted by Gasteiger charge is 2.05. The second kappa shape index (κ2) is 4.85. The summed E-state index contributed by atoms with van der Waals surface area (Å²) in [5.41, 5.74) is 7.33. The van der Waals surface area contributed by atoms with Gasteiger partial charge in [-0.15, -0.1) is 0 Å². The number of aromatic nitrogens is 5. The van der Waals surface area contributed by atoms with E-state index in [4.69, 9.17) is 5.73 Å². The molecule has 0 aliphatic carbocycles. The van der Waals surface area contributed by atoms with Crippen molar-refractivity contribution in [3.8, 4) is 11.4 Å². The molecule has 2 aromatic heterocycles. The first-order valence-electron chi connectivity index (χ1n) is 5.82. The third-order valence-corrected chi connectivity index (χ3v) is 2.60. The van der Waals surface area contributed by atoms with Gasteiger partial charge in [0.2, 0.25) is 0 Å². The Morgan fingerprint density at radius 3 is 2.68 bits per heavy atom. The smallest absolute Gasteiger partial charge is 0.181 e. The number of anilines is 1. The summed E-state index contributed by atoms with van der Waals surface area (Å²) in [4.78, 5) is 12.6. The van der Waals surface area contributed by atoms with Crippen LogP contribution in [0.3, 0.4) is 0 Å². The predicted octanol–water partition coefficient (Wildman–Crippen LogP) is 1.37. The van der Waals surface area contributed by atoms with E-state index in [1.165, 1.54) is 0 Å². The second-order valence-electron chi connectivity index (χ2n) is 4.06. The SMILES string of the molecule is Nc1cccc(-c2ncn(Cc3ncccn3)n2)c1. The highest BCUT2D eigenvalue weighted by atomic mass is 15.3. The van der Waals surface area contributed by atoms with E-state index in [1.54, 1.807) is 29.5 Å². The van der Waals surface area contributed by atoms with Crippen LogP contribution in [0.5, 0.6) is 0 Å². The number of nitrogens with zero attached hydrogens (tertiary/aromatic N) is 5. The van der Waals surface area contributed by atoms with Gasteiger partial charge in [0.15, 0.2) is 5.82 Å². The summed E-state index contributed by atoms with van der Waals surface area (Å²) in [5, 5.41) is 4.39. The van der Waals surface area contributed by atoms with Gasteiger partial charge in [-0.1, -0.05) is 12.1 Å². The number of nitrogens with two attached hydrogens (primary N) is 1. The maximum Gasteiger partial charge on any atom is 0.181 e. The first-order chi connectivity index (χ1) is 9.31. The van der Waals surface area contributed by atoms with Gasteiger partial charge in [0.1, 0.15) is 18.7 Å². The largest absolute Gasteiger partial charge is 0.399 e. The van der Waals surface area contributed by atoms with E-state index in [0.717, 1.165) is 5.56 Å². The molecule has 6 heteroatoms. The van der Waals surface area contributed by atoms with Crippen molar-refractivity contribution >= 4 is 5.69 Å². The minimum atomic E-state index is 0.496. The van der Waals surface area contributed by atoms with Gasteiger partial charge in [-0.25, -0.2) is 19.6 Å². The first-order valence-corrected chi connectivity index (χ1v) is 5.82. The van der Waals surface area contributed by atoms with Crippen molar-refractivity contribution in [2.45, 2.75) is 6.54 Å². The topological polar surface area (TPSA) is 82.5 Å². The van der Waals surface area contributed by atoms with Crippen molar-refractivity contribution in [3.05, 3.63) is 54.9 Å². The zero-order valence-electron chi connectivity index (χ0n) is 10.1. The van der Waals surface area contributed by atoms with Crippen LogP contribution in [0.15, 0.2) is 49.1 Å². The summed E-state index contributed by atoms with van der Waals surface area (Å²) in [6.45, 7) is 0.496. The third kappa shape index (κ3) is 2.57. The molecule has 0 amide bonds. The fourth-order valence-electron chi connectivity index (χ4n) is 1.74. The van der Waals surface area contributed by atoms with E-state index in [9.17, 15) is 0 Å². The standard InChI is InChI=1S/C13H12N6/c14-11-4-1-3-10(7-11)13-17-9-19(18-13)8-12-15-5-2-6-16-12/h1-7,9H,8,14H2. The summed E-state index contributed by atoms with van der Waals surface area (Å²) in [6, 6.07) is 9.26. The Morgan fingerprint density at radius 1 is 1.05 bits per heavy atom. The van der Waals surface area contributed by atoms with Crippen molar-refractivity contribution < 1.29 is 0 Å². The van der Waals surface area contributed by atoms with Crippen LogP contribution in [-0.2, 0) is 6.54 Å². The van der Waals surface area contributed by atoms with Crippen LogP contribution in [0.1, 0.15) is 5.82 Å². The highest BCUT2D eigenvalue weighted by molar-refractivity contribution is 5.60. The summed E-state index contributed by atoms with van der Waals surface area (Å²) >= 11 is 0. The van der Waals surface area contributed by atoms with Crippen LogP contribution < -0.4 is 5.73 Å². The lowest BCUT2D eigenvalue weighted by atomic mass is 10.2. The molecule has 0 saturated heterocycles. The lowest BCUT2D eigenvalue weighted by Gasteiger charge is -1.99. The van der Waals surface area contributed by atoms with Gasteiger partial charge < -0.3 is 5.73 Å². The molecule has 0 saturated carbocycles. The zero-order chi connectivity index (χ0) is 13.1. The monoisotopic (exact) mass is 252 g/mol. The molecular weight excluding hydrogens is 240 g/mol. The number of rotatable bonds is 3. The molecule has 2 heterocycles. The highest BCUT2D eigenvalue weighted by Crippen LogP contribution is 2.16. The molecule has 1 aromatic carbocycles. The molecule has 0 spiro atoms. The number of hydrogen-bond donors (Lipinski definition) is 1. The minimum absolute atomic E-state index is 0.496. The van der Waals surface area contributed by atoms with Crippen molar-refractivity contribution in [3.63, 3.8) is 0 Å². The molecule has 2 N–H and O–H groups in total. The summed E-state index contributed by atoms with van der Waals surface area (Å²) in [6.07, 6.45) is 5.07. The van der Waals surface area contributed by atoms with Crippen LogP contribution in [0.25, 0.3) is 11.4 Å². The Morgan fingerprint density at radius 2 is 1.89 bits per heavy atom. The number of nitrogen functional groups attached to an aromatic ring is 1. The molecular formula is C13H12N6. The molecule has 0 unspecified atom stereocenters. The van der Waals surface area contributed by atoms with E-state index < -0.39 is 0 Å². The number of benzene rings is 1. The van der Waals surface area contributed by atoms with E-state index in [-0.39, 0.29) is 0 Å². The van der Waals surface area contributed by atoms with Gasteiger partial charge in [-0.05, 0) is 18.2 Å². The summed E-state index contributed by atoms with van der Waals surface area (Å²) in [7, 11) is 0. The van der Waals surface area contributed by atoms with Crippen LogP contribution >= 0.6 is 0 Å². The van der Waals surface area contributed by atoms with Crippen LogP contribution in [-0.4, -0.2) is 24.7 Å². The fourth-order valence-corrected chi connectivity index (χ4v) is 1.74. The summed E-state index contributed by atoms with van der Waals surface area (Å²) < 4.78 is 1.70. The van der Waals surface area contributed by atoms with Crippen molar-refractivity contribution in [2.24, 2.45) is 0 Å². The third-order valence-electron chi connectivity index (χ3n) is 2.60. The quantitative estimate of drug-likeness (QED) is 0.712. The van der Waals surface area contributed by atoms with Gasteiger partial charge in [-0.2, -0.15) is 5.10 Å². The van der Waals surface area contributed by atoms with Crippen LogP contribution in [0, 0.1) is 0 Å². The first kappa shape index (κ1) is 11.3. The molecule has 3 rings (SSSR count). The Hall–Kier alpha value is -2.76. The molecule has 0 atom stereocenters. The van der Waals surface area contributed by atoms with E-state index in [0.29, 0.717) is 23.9 Å². The van der Waals surface area contributed by atoms with Crippen molar-refractivity contribution in [2.75, 3.05) is 5.73 Å². The Kier molecular flexibility index (Phi) is 2.89. The zero-order valence-corrected chi connectivity index (χ0v) is 10.1. The van der Waals surface area contributed by atoms with E-state index in [2.05, 4.69) is 20.1 Å². The molecule has 3 aromatic rings. The number of hydrogen-bond acceptors (Lipinski definition) is 5. The Balaban J connectivity index is 1.84. The lowest BCUT2D eigenvalue weighted by molar-refractivity contribution is 0.655. The van der Waals surface area contributed by atoms with Gasteiger partial charge in [0.25, 0.3) is 0 Å². The predicted molar refractivity (Wildman–Crippen MR) is 71.0 cm³/mol. The van der Waals surface area contributed by atoms with Gasteiger partial charge in [-0.3, -0.25) is 0 Å². The van der Waals surface area contributed by atoms with Gasteiger partial charge in [0, 0.05) is 23.6 Å². The maximum atomic E-state index is 5.74. The molecule has 0 aliphatic heterocycles. The van der Waals surface area contributed by atoms with Gasteiger partial charge >= 0.3 is 0 Å². The Labute approximate surface area is 110 Å². The van der Waals surface area contributed by atoms with E-state index >= 15 is 0 Å². The van der Waals surface area contributed by atoms with Crippen LogP contribution in [0.4, 0.5) is 5.69 Å². The second-order valence-corrected chi connectivity index (χ2v) is 4.06. The molecule has 19 heavy (non-hydrogen) atoms. The molecule has 0 fully saturated rings. The average molecular weight is 252 g/mol. The molecule has 94 valence electrons. The van der Waals surface area contributed by atoms with Gasteiger partial charge in [0.05, 0.1) is 0 Å². The molecule has 6 nitrogen and oxygen atoms in total. The lowest BCUT2D eigenvalue weighted by Crippen LogP contribution is -2.04. The van der Waals surface area contributed by atoms with Crippen LogP contribution in [0.2, 0.25) is 0 Å². The molecule has 0 aliphatic rings. The normalized spacial score (nSPS) is 10.5. The minimum Gasteiger partial charge on any atom is -0.399 e.